The van der Waals surface area contributed by atoms with E-state index in [0.29, 0.717) is 0 Å². The maximum absolute atomic E-state index is 12.9. The molecule has 1 aliphatic rings. The molecule has 2 atom stereocenters. The third-order valence-corrected chi connectivity index (χ3v) is 5.98. The van der Waals surface area contributed by atoms with Crippen molar-refractivity contribution in [3.63, 3.8) is 0 Å². The Kier molecular flexibility index (Phi) is 7.32. The number of benzene rings is 1. The van der Waals surface area contributed by atoms with E-state index in [4.69, 9.17) is 4.74 Å². The molecular weight excluding hydrogens is 375 g/mol. The molecule has 0 saturated heterocycles. The van der Waals surface area contributed by atoms with Crippen molar-refractivity contribution in [3.8, 4) is 0 Å². The number of hydrogen-bond acceptors (Lipinski definition) is 5. The summed E-state index contributed by atoms with van der Waals surface area (Å²) in [7, 11) is -4.02. The van der Waals surface area contributed by atoms with E-state index in [9.17, 15) is 22.4 Å². The molecule has 27 heavy (non-hydrogen) atoms. The lowest BCUT2D eigenvalue weighted by atomic mass is 9.95. The van der Waals surface area contributed by atoms with Crippen molar-refractivity contribution in [2.75, 3.05) is 0 Å². The van der Waals surface area contributed by atoms with Gasteiger partial charge in [0.05, 0.1) is 4.90 Å². The van der Waals surface area contributed by atoms with Crippen LogP contribution in [0.4, 0.5) is 4.39 Å². The highest BCUT2D eigenvalue weighted by Crippen LogP contribution is 2.17. The second kappa shape index (κ2) is 9.27. The van der Waals surface area contributed by atoms with Crippen molar-refractivity contribution < 1.29 is 27.1 Å². The van der Waals surface area contributed by atoms with Gasteiger partial charge in [0.1, 0.15) is 11.9 Å². The number of hydrogen-bond donors (Lipinski definition) is 2. The van der Waals surface area contributed by atoms with Crippen LogP contribution in [-0.2, 0) is 24.3 Å². The molecule has 1 aliphatic carbocycles. The molecule has 0 unspecified atom stereocenters. The molecule has 7 nitrogen and oxygen atoms in total. The highest BCUT2D eigenvalue weighted by molar-refractivity contribution is 7.89. The number of amides is 1. The van der Waals surface area contributed by atoms with Crippen molar-refractivity contribution in [2.24, 2.45) is 0 Å². The molecule has 1 saturated carbocycles. The molecule has 0 bridgehead atoms. The second-order valence-electron chi connectivity index (χ2n) is 6.72. The van der Waals surface area contributed by atoms with Crippen LogP contribution in [0.2, 0.25) is 0 Å². The largest absolute Gasteiger partial charge is 0.451 e. The lowest BCUT2D eigenvalue weighted by molar-refractivity contribution is -0.156. The van der Waals surface area contributed by atoms with Gasteiger partial charge in [0.2, 0.25) is 10.0 Å². The fourth-order valence-electron chi connectivity index (χ4n) is 2.86. The number of nitrogens with one attached hydrogen (secondary N) is 2. The molecule has 1 fully saturated rings. The SMILES string of the molecule is C[C@@H](NS(=O)(=O)c1ccc(F)cc1)C(=O)O[C@H](C)C(=O)NC1CCCCC1. The molecule has 1 aromatic rings. The predicted octanol–water partition coefficient (Wildman–Crippen LogP) is 1.87. The standard InChI is InChI=1S/C18H25FN2O5S/c1-12(21-27(24,25)16-10-8-14(19)9-11-16)18(23)26-13(2)17(22)20-15-6-4-3-5-7-15/h8-13,15,21H,3-7H2,1-2H3,(H,20,22)/t12-,13-/m1/s1. The molecule has 1 aromatic carbocycles. The Morgan fingerprint density at radius 1 is 1.11 bits per heavy atom. The first-order chi connectivity index (χ1) is 12.7. The second-order valence-corrected chi connectivity index (χ2v) is 8.43. The van der Waals surface area contributed by atoms with Gasteiger partial charge in [0.25, 0.3) is 5.91 Å². The number of carbonyl (C=O) groups is 2. The average molecular weight is 400 g/mol. The van der Waals surface area contributed by atoms with Crippen LogP contribution in [0.5, 0.6) is 0 Å². The molecule has 9 heteroatoms. The molecule has 0 spiro atoms. The Labute approximate surface area is 158 Å². The Balaban J connectivity index is 1.88. The van der Waals surface area contributed by atoms with Crippen LogP contribution in [0.15, 0.2) is 29.2 Å². The van der Waals surface area contributed by atoms with E-state index in [1.165, 1.54) is 13.8 Å². The van der Waals surface area contributed by atoms with Crippen LogP contribution < -0.4 is 10.0 Å². The number of ether oxygens (including phenoxy) is 1. The van der Waals surface area contributed by atoms with Gasteiger partial charge >= 0.3 is 5.97 Å². The number of carbonyl (C=O) groups excluding carboxylic acids is 2. The van der Waals surface area contributed by atoms with E-state index < -0.39 is 39.9 Å². The van der Waals surface area contributed by atoms with Gasteiger partial charge in [-0.2, -0.15) is 4.72 Å². The lowest BCUT2D eigenvalue weighted by Gasteiger charge is -2.24. The summed E-state index contributed by atoms with van der Waals surface area (Å²) < 4.78 is 44.6. The van der Waals surface area contributed by atoms with Crippen LogP contribution in [0.1, 0.15) is 46.0 Å². The zero-order valence-electron chi connectivity index (χ0n) is 15.4. The first kappa shape index (κ1) is 21.3. The highest BCUT2D eigenvalue weighted by Gasteiger charge is 2.27. The molecule has 2 N–H and O–H groups in total. The molecule has 0 aromatic heterocycles. The third kappa shape index (κ3) is 6.28. The number of sulfonamides is 1. The summed E-state index contributed by atoms with van der Waals surface area (Å²) in [6.45, 7) is 2.76. The van der Waals surface area contributed by atoms with E-state index in [0.717, 1.165) is 56.4 Å². The van der Waals surface area contributed by atoms with E-state index in [1.54, 1.807) is 0 Å². The van der Waals surface area contributed by atoms with Crippen molar-refractivity contribution in [2.45, 2.75) is 69.0 Å². The minimum absolute atomic E-state index is 0.0850. The Morgan fingerprint density at radius 2 is 1.70 bits per heavy atom. The molecule has 0 heterocycles. The summed E-state index contributed by atoms with van der Waals surface area (Å²) in [5.41, 5.74) is 0. The van der Waals surface area contributed by atoms with Crippen LogP contribution in [0.3, 0.4) is 0 Å². The van der Waals surface area contributed by atoms with Gasteiger partial charge in [-0.05, 0) is 51.0 Å². The van der Waals surface area contributed by atoms with Gasteiger partial charge in [-0.25, -0.2) is 12.8 Å². The zero-order chi connectivity index (χ0) is 20.0. The molecule has 0 aliphatic heterocycles. The molecular formula is C18H25FN2O5S. The Bertz CT molecular complexity index is 760. The fraction of sp³-hybridized carbons (Fsp3) is 0.556. The summed E-state index contributed by atoms with van der Waals surface area (Å²) in [4.78, 5) is 24.1. The van der Waals surface area contributed by atoms with Gasteiger partial charge in [0, 0.05) is 6.04 Å². The first-order valence-electron chi connectivity index (χ1n) is 8.98. The van der Waals surface area contributed by atoms with Crippen molar-refractivity contribution in [1.82, 2.24) is 10.0 Å². The van der Waals surface area contributed by atoms with Crippen molar-refractivity contribution >= 4 is 21.9 Å². The average Bonchev–Trinajstić information content (AvgIpc) is 2.62. The summed E-state index contributed by atoms with van der Waals surface area (Å²) >= 11 is 0. The van der Waals surface area contributed by atoms with Gasteiger partial charge in [0.15, 0.2) is 6.10 Å². The quantitative estimate of drug-likeness (QED) is 0.681. The topological polar surface area (TPSA) is 102 Å². The van der Waals surface area contributed by atoms with Gasteiger partial charge in [-0.15, -0.1) is 0 Å². The monoisotopic (exact) mass is 400 g/mol. The summed E-state index contributed by atoms with van der Waals surface area (Å²) in [5.74, 6) is -1.84. The zero-order valence-corrected chi connectivity index (χ0v) is 16.2. The number of esters is 1. The van der Waals surface area contributed by atoms with Gasteiger partial charge in [-0.1, -0.05) is 19.3 Å². The molecule has 150 valence electrons. The van der Waals surface area contributed by atoms with E-state index in [2.05, 4.69) is 10.0 Å². The van der Waals surface area contributed by atoms with Crippen LogP contribution in [0, 0.1) is 5.82 Å². The van der Waals surface area contributed by atoms with Crippen LogP contribution in [-0.4, -0.2) is 38.5 Å². The Hall–Kier alpha value is -2.00. The Morgan fingerprint density at radius 3 is 2.30 bits per heavy atom. The summed E-state index contributed by atoms with van der Waals surface area (Å²) in [6, 6.07) is 3.09. The van der Waals surface area contributed by atoms with Crippen LogP contribution >= 0.6 is 0 Å². The van der Waals surface area contributed by atoms with Crippen LogP contribution in [0.25, 0.3) is 0 Å². The number of halogens is 1. The third-order valence-electron chi connectivity index (χ3n) is 4.42. The molecule has 1 amide bonds. The maximum atomic E-state index is 12.9. The number of rotatable bonds is 7. The van der Waals surface area contributed by atoms with Gasteiger partial charge < -0.3 is 10.1 Å². The highest BCUT2D eigenvalue weighted by atomic mass is 32.2. The van der Waals surface area contributed by atoms with Crippen molar-refractivity contribution in [1.29, 1.82) is 0 Å². The van der Waals surface area contributed by atoms with E-state index in [-0.39, 0.29) is 10.9 Å². The van der Waals surface area contributed by atoms with Crippen molar-refractivity contribution in [3.05, 3.63) is 30.1 Å². The minimum atomic E-state index is -4.02. The maximum Gasteiger partial charge on any atom is 0.324 e. The fourth-order valence-corrected chi connectivity index (χ4v) is 4.05. The smallest absolute Gasteiger partial charge is 0.324 e. The first-order valence-corrected chi connectivity index (χ1v) is 10.5. The summed E-state index contributed by atoms with van der Waals surface area (Å²) in [6.07, 6.45) is 4.04. The lowest BCUT2D eigenvalue weighted by Crippen LogP contribution is -2.46. The van der Waals surface area contributed by atoms with E-state index in [1.807, 2.05) is 0 Å². The predicted molar refractivity (Wildman–Crippen MR) is 96.8 cm³/mol. The summed E-state index contributed by atoms with van der Waals surface area (Å²) in [5, 5.41) is 2.85. The van der Waals surface area contributed by atoms with E-state index >= 15 is 0 Å². The molecule has 2 rings (SSSR count). The normalized spacial score (nSPS) is 17.7. The molecule has 0 radical (unpaired) electrons. The van der Waals surface area contributed by atoms with Gasteiger partial charge in [-0.3, -0.25) is 9.59 Å². The minimum Gasteiger partial charge on any atom is -0.451 e.